The first-order valence-electron chi connectivity index (χ1n) is 41.5. The summed E-state index contributed by atoms with van der Waals surface area (Å²) in [6.07, 6.45) is 60.8. The van der Waals surface area contributed by atoms with Crippen LogP contribution in [-0.4, -0.2) is 96.7 Å². The second-order valence-corrected chi connectivity index (χ2v) is 32.4. The Morgan fingerprint density at radius 1 is 0.293 bits per heavy atom. The van der Waals surface area contributed by atoms with Crippen LogP contribution in [0, 0.1) is 11.8 Å². The minimum atomic E-state index is -4.96. The molecule has 0 aliphatic heterocycles. The Morgan fingerprint density at radius 2 is 0.515 bits per heavy atom. The number of carbonyl (C=O) groups excluding carboxylic acids is 4. The van der Waals surface area contributed by atoms with Gasteiger partial charge in [-0.25, -0.2) is 9.13 Å². The molecule has 6 atom stereocenters. The molecule has 0 amide bonds. The highest BCUT2D eigenvalue weighted by Gasteiger charge is 2.30. The maximum atomic E-state index is 13.1. The molecule has 588 valence electrons. The quantitative estimate of drug-likeness (QED) is 0.0222. The first-order chi connectivity index (χ1) is 47.9. The van der Waals surface area contributed by atoms with Gasteiger partial charge in [-0.05, 0) is 37.5 Å². The molecule has 0 fully saturated rings. The largest absolute Gasteiger partial charge is 0.472 e. The molecule has 0 radical (unpaired) electrons. The molecular weight excluding hydrogens is 1290 g/mol. The van der Waals surface area contributed by atoms with Gasteiger partial charge < -0.3 is 33.8 Å². The van der Waals surface area contributed by atoms with E-state index < -0.39 is 97.5 Å². The smallest absolute Gasteiger partial charge is 0.462 e. The maximum absolute atomic E-state index is 13.1. The standard InChI is InChI=1S/C80H156O17P2/c1-7-10-12-14-16-18-20-22-24-29-33-37-44-50-56-62-77(82)90-68-75(96-79(84)65-59-53-47-39-35-31-27-26-28-32-36-42-48-54-60-72(4)5)70-94-98(86,87)92-66-74(81)67-93-99(88,89)95-71-76(69-91-78(83)63-57-51-45-41-40-43-49-55-61-73(6)9-3)97-80(85)64-58-52-46-38-34-30-25-23-21-19-17-15-13-11-8-2/h72-76,81H,7-71H2,1-6H3,(H,86,87)(H,88,89)/t73?,74-,75-,76-/m1/s1. The van der Waals surface area contributed by atoms with Crippen molar-refractivity contribution >= 4 is 39.5 Å². The minimum Gasteiger partial charge on any atom is -0.462 e. The number of hydrogen-bond acceptors (Lipinski definition) is 15. The molecule has 19 heteroatoms. The number of hydrogen-bond donors (Lipinski definition) is 3. The Hall–Kier alpha value is -1.94. The Bertz CT molecular complexity index is 1910. The van der Waals surface area contributed by atoms with E-state index in [1.165, 1.54) is 238 Å². The zero-order chi connectivity index (χ0) is 72.8. The van der Waals surface area contributed by atoms with Crippen molar-refractivity contribution in [2.24, 2.45) is 11.8 Å². The zero-order valence-corrected chi connectivity index (χ0v) is 66.6. The van der Waals surface area contributed by atoms with Crippen LogP contribution in [0.25, 0.3) is 0 Å². The van der Waals surface area contributed by atoms with Crippen LogP contribution < -0.4 is 0 Å². The number of aliphatic hydroxyl groups excluding tert-OH is 1. The van der Waals surface area contributed by atoms with Gasteiger partial charge in [-0.2, -0.15) is 0 Å². The molecule has 3 N–H and O–H groups in total. The molecule has 0 heterocycles. The van der Waals surface area contributed by atoms with E-state index in [1.807, 2.05) is 0 Å². The monoisotopic (exact) mass is 1450 g/mol. The van der Waals surface area contributed by atoms with Gasteiger partial charge in [0.25, 0.3) is 0 Å². The Balaban J connectivity index is 5.27. The van der Waals surface area contributed by atoms with Crippen LogP contribution in [0.1, 0.15) is 420 Å². The average Bonchev–Trinajstić information content (AvgIpc) is 2.67. The molecule has 0 aromatic rings. The first kappa shape index (κ1) is 97.1. The Morgan fingerprint density at radius 3 is 0.768 bits per heavy atom. The summed E-state index contributed by atoms with van der Waals surface area (Å²) in [7, 11) is -9.92. The number of esters is 4. The zero-order valence-electron chi connectivity index (χ0n) is 64.8. The van der Waals surface area contributed by atoms with Gasteiger partial charge in [0.15, 0.2) is 12.2 Å². The summed E-state index contributed by atoms with van der Waals surface area (Å²) >= 11 is 0. The topological polar surface area (TPSA) is 237 Å². The van der Waals surface area contributed by atoms with Crippen molar-refractivity contribution in [2.75, 3.05) is 39.6 Å². The van der Waals surface area contributed by atoms with E-state index in [-0.39, 0.29) is 25.7 Å². The van der Waals surface area contributed by atoms with E-state index in [4.69, 9.17) is 37.0 Å². The van der Waals surface area contributed by atoms with Crippen LogP contribution in [0.3, 0.4) is 0 Å². The molecule has 0 bridgehead atoms. The number of phosphoric acid groups is 2. The lowest BCUT2D eigenvalue weighted by molar-refractivity contribution is -0.161. The van der Waals surface area contributed by atoms with E-state index in [2.05, 4.69) is 41.5 Å². The molecule has 3 unspecified atom stereocenters. The first-order valence-corrected chi connectivity index (χ1v) is 44.5. The summed E-state index contributed by atoms with van der Waals surface area (Å²) in [6.45, 7) is 9.66. The van der Waals surface area contributed by atoms with Gasteiger partial charge in [-0.1, -0.05) is 369 Å². The highest BCUT2D eigenvalue weighted by molar-refractivity contribution is 7.47. The van der Waals surface area contributed by atoms with Gasteiger partial charge in [0.1, 0.15) is 19.3 Å². The third-order valence-electron chi connectivity index (χ3n) is 19.1. The lowest BCUT2D eigenvalue weighted by Crippen LogP contribution is -2.30. The van der Waals surface area contributed by atoms with Crippen molar-refractivity contribution in [3.05, 3.63) is 0 Å². The van der Waals surface area contributed by atoms with E-state index in [9.17, 15) is 43.2 Å². The van der Waals surface area contributed by atoms with Gasteiger partial charge in [-0.3, -0.25) is 37.3 Å². The van der Waals surface area contributed by atoms with E-state index >= 15 is 0 Å². The molecule has 0 aliphatic carbocycles. The van der Waals surface area contributed by atoms with Gasteiger partial charge in [0.05, 0.1) is 26.4 Å². The third-order valence-corrected chi connectivity index (χ3v) is 21.0. The summed E-state index contributed by atoms with van der Waals surface area (Å²) in [4.78, 5) is 73.0. The van der Waals surface area contributed by atoms with Gasteiger partial charge in [-0.15, -0.1) is 0 Å². The van der Waals surface area contributed by atoms with E-state index in [0.29, 0.717) is 25.7 Å². The lowest BCUT2D eigenvalue weighted by atomic mass is 9.99. The van der Waals surface area contributed by atoms with Crippen molar-refractivity contribution in [2.45, 2.75) is 439 Å². The maximum Gasteiger partial charge on any atom is 0.472 e. The van der Waals surface area contributed by atoms with Crippen LogP contribution in [0.4, 0.5) is 0 Å². The molecule has 17 nitrogen and oxygen atoms in total. The molecule has 0 saturated carbocycles. The van der Waals surface area contributed by atoms with Crippen molar-refractivity contribution in [3.63, 3.8) is 0 Å². The van der Waals surface area contributed by atoms with Crippen molar-refractivity contribution in [1.82, 2.24) is 0 Å². The summed E-state index contributed by atoms with van der Waals surface area (Å²) in [5.74, 6) is -0.535. The summed E-state index contributed by atoms with van der Waals surface area (Å²) in [6, 6.07) is 0. The second kappa shape index (κ2) is 71.7. The fourth-order valence-corrected chi connectivity index (χ4v) is 13.9. The highest BCUT2D eigenvalue weighted by Crippen LogP contribution is 2.45. The van der Waals surface area contributed by atoms with Crippen molar-refractivity contribution in [1.29, 1.82) is 0 Å². The van der Waals surface area contributed by atoms with Crippen molar-refractivity contribution in [3.8, 4) is 0 Å². The number of phosphoric ester groups is 2. The molecule has 0 aromatic carbocycles. The molecule has 0 spiro atoms. The number of ether oxygens (including phenoxy) is 4. The number of aliphatic hydroxyl groups is 1. The summed E-state index contributed by atoms with van der Waals surface area (Å²) < 4.78 is 68.7. The van der Waals surface area contributed by atoms with Crippen molar-refractivity contribution < 1.29 is 80.2 Å². The predicted molar refractivity (Wildman–Crippen MR) is 405 cm³/mol. The van der Waals surface area contributed by atoms with Crippen LogP contribution in [0.15, 0.2) is 0 Å². The third kappa shape index (κ3) is 72.8. The van der Waals surface area contributed by atoms with Crippen LogP contribution >= 0.6 is 15.6 Å². The average molecular weight is 1450 g/mol. The fourth-order valence-electron chi connectivity index (χ4n) is 12.3. The van der Waals surface area contributed by atoms with Crippen LogP contribution in [-0.2, 0) is 65.4 Å². The second-order valence-electron chi connectivity index (χ2n) is 29.5. The molecule has 0 aromatic heterocycles. The lowest BCUT2D eigenvalue weighted by Gasteiger charge is -2.21. The predicted octanol–water partition coefficient (Wildman–Crippen LogP) is 23.9. The summed E-state index contributed by atoms with van der Waals surface area (Å²) in [5, 5.41) is 10.6. The van der Waals surface area contributed by atoms with E-state index in [1.54, 1.807) is 0 Å². The highest BCUT2D eigenvalue weighted by atomic mass is 31.2. The normalized spacial score (nSPS) is 14.2. The van der Waals surface area contributed by atoms with Gasteiger partial charge in [0, 0.05) is 25.7 Å². The molecule has 0 aliphatic rings. The van der Waals surface area contributed by atoms with Gasteiger partial charge in [0.2, 0.25) is 0 Å². The van der Waals surface area contributed by atoms with Crippen LogP contribution in [0.2, 0.25) is 0 Å². The minimum absolute atomic E-state index is 0.108. The van der Waals surface area contributed by atoms with E-state index in [0.717, 1.165) is 102 Å². The molecule has 99 heavy (non-hydrogen) atoms. The fraction of sp³-hybridized carbons (Fsp3) is 0.950. The Labute approximate surface area is 607 Å². The molecule has 0 rings (SSSR count). The number of carbonyl (C=O) groups is 4. The van der Waals surface area contributed by atoms with Crippen LogP contribution in [0.5, 0.6) is 0 Å². The van der Waals surface area contributed by atoms with Gasteiger partial charge >= 0.3 is 39.5 Å². The number of unbranched alkanes of at least 4 members (excludes halogenated alkanes) is 48. The SMILES string of the molecule is CCCCCCCCCCCCCCCCCC(=O)OC[C@H](COP(=O)(O)OC[C@@H](O)COP(=O)(O)OC[C@@H](COC(=O)CCCCCCCCCCC(C)CC)OC(=O)CCCCCCCCCCCCCCCCC)OC(=O)CCCCCCCCCCCCCCCCC(C)C. The Kier molecular flexibility index (Phi) is 70.3. The number of rotatable bonds is 79. The summed E-state index contributed by atoms with van der Waals surface area (Å²) in [5.41, 5.74) is 0. The molecular formula is C80H156O17P2. The molecule has 0 saturated heterocycles.